The van der Waals surface area contributed by atoms with E-state index in [4.69, 9.17) is 14.2 Å². The highest BCUT2D eigenvalue weighted by molar-refractivity contribution is 6.10. The van der Waals surface area contributed by atoms with Crippen LogP contribution in [-0.4, -0.2) is 32.1 Å². The molecule has 1 saturated heterocycles. The van der Waals surface area contributed by atoms with Crippen molar-refractivity contribution in [3.8, 4) is 11.5 Å². The minimum atomic E-state index is -0.671. The molecule has 2 atom stereocenters. The third-order valence-electron chi connectivity index (χ3n) is 5.61. The first-order valence-electron chi connectivity index (χ1n) is 10.4. The Morgan fingerprint density at radius 2 is 1.59 bits per heavy atom. The lowest BCUT2D eigenvalue weighted by Crippen LogP contribution is -2.65. The Hall–Kier alpha value is -3.80. The van der Waals surface area contributed by atoms with Crippen molar-refractivity contribution in [3.63, 3.8) is 0 Å². The topological polar surface area (TPSA) is 65.1 Å². The molecule has 1 aliphatic rings. The van der Waals surface area contributed by atoms with Crippen LogP contribution in [0.2, 0.25) is 0 Å². The molecule has 6 heteroatoms. The van der Waals surface area contributed by atoms with Gasteiger partial charge in [-0.15, -0.1) is 0 Å². The normalized spacial score (nSPS) is 17.4. The Morgan fingerprint density at radius 3 is 2.28 bits per heavy atom. The summed E-state index contributed by atoms with van der Waals surface area (Å²) >= 11 is 0. The molecule has 1 fully saturated rings. The van der Waals surface area contributed by atoms with E-state index in [1.165, 1.54) is 12.0 Å². The molecule has 164 valence electrons. The van der Waals surface area contributed by atoms with Crippen molar-refractivity contribution >= 4 is 17.6 Å². The van der Waals surface area contributed by atoms with Crippen LogP contribution in [0.1, 0.15) is 11.1 Å². The molecule has 6 nitrogen and oxygen atoms in total. The lowest BCUT2D eigenvalue weighted by atomic mass is 9.81. The number of ether oxygens (including phenoxy) is 3. The predicted octanol–water partition coefficient (Wildman–Crippen LogP) is 4.02. The van der Waals surface area contributed by atoms with Crippen LogP contribution in [0.4, 0.5) is 5.69 Å². The number of carbonyl (C=O) groups excluding carboxylic acids is 2. The molecule has 1 amide bonds. The van der Waals surface area contributed by atoms with Crippen molar-refractivity contribution in [1.29, 1.82) is 0 Å². The summed E-state index contributed by atoms with van der Waals surface area (Å²) in [7, 11) is 2.92. The van der Waals surface area contributed by atoms with Gasteiger partial charge in [-0.1, -0.05) is 42.5 Å². The van der Waals surface area contributed by atoms with Gasteiger partial charge in [-0.05, 0) is 53.9 Å². The SMILES string of the molecule is COC(=O)[C@@H]1[C@H](Cc2cccc(OCc3ccccc3)c2)C(=O)N1c1ccc(OC)cc1. The zero-order valence-electron chi connectivity index (χ0n) is 18.1. The number of carbonyl (C=O) groups is 2. The van der Waals surface area contributed by atoms with Crippen molar-refractivity contribution in [2.75, 3.05) is 19.1 Å². The van der Waals surface area contributed by atoms with Gasteiger partial charge in [0.05, 0.1) is 20.1 Å². The molecule has 0 saturated carbocycles. The molecular formula is C26H25NO5. The summed E-state index contributed by atoms with van der Waals surface area (Å²) in [4.78, 5) is 27.0. The van der Waals surface area contributed by atoms with Gasteiger partial charge in [-0.2, -0.15) is 0 Å². The quantitative estimate of drug-likeness (QED) is 0.398. The summed E-state index contributed by atoms with van der Waals surface area (Å²) in [5, 5.41) is 0. The fraction of sp³-hybridized carbons (Fsp3) is 0.231. The molecule has 0 spiro atoms. The Kier molecular flexibility index (Phi) is 6.40. The highest BCUT2D eigenvalue weighted by Crippen LogP contribution is 2.36. The Labute approximate surface area is 187 Å². The second kappa shape index (κ2) is 9.56. The first kappa shape index (κ1) is 21.4. The zero-order valence-corrected chi connectivity index (χ0v) is 18.1. The van der Waals surface area contributed by atoms with E-state index in [9.17, 15) is 9.59 Å². The van der Waals surface area contributed by atoms with Crippen LogP contribution in [-0.2, 0) is 27.4 Å². The second-order valence-corrected chi connectivity index (χ2v) is 7.61. The largest absolute Gasteiger partial charge is 0.497 e. The summed E-state index contributed by atoms with van der Waals surface area (Å²) in [6, 6.07) is 23.9. The molecule has 0 radical (unpaired) electrons. The summed E-state index contributed by atoms with van der Waals surface area (Å²) in [6.07, 6.45) is 0.424. The average molecular weight is 431 g/mol. The van der Waals surface area contributed by atoms with Crippen molar-refractivity contribution in [2.45, 2.75) is 19.1 Å². The van der Waals surface area contributed by atoms with Crippen LogP contribution in [0.3, 0.4) is 0 Å². The Morgan fingerprint density at radius 1 is 0.875 bits per heavy atom. The van der Waals surface area contributed by atoms with Gasteiger partial charge in [0, 0.05) is 5.69 Å². The minimum absolute atomic E-state index is 0.110. The fourth-order valence-corrected chi connectivity index (χ4v) is 3.93. The maximum atomic E-state index is 13.0. The number of β-lactam (4-membered cyclic amide) rings is 1. The summed E-state index contributed by atoms with van der Waals surface area (Å²) in [5.74, 6) is 0.372. The molecule has 3 aromatic carbocycles. The van der Waals surface area contributed by atoms with Crippen molar-refractivity contribution in [3.05, 3.63) is 90.0 Å². The molecule has 32 heavy (non-hydrogen) atoms. The molecule has 4 rings (SSSR count). The van der Waals surface area contributed by atoms with E-state index in [-0.39, 0.29) is 5.91 Å². The third kappa shape index (κ3) is 4.44. The number of hydrogen-bond donors (Lipinski definition) is 0. The van der Waals surface area contributed by atoms with E-state index in [0.717, 1.165) is 16.9 Å². The smallest absolute Gasteiger partial charge is 0.329 e. The van der Waals surface area contributed by atoms with Crippen LogP contribution in [0.5, 0.6) is 11.5 Å². The van der Waals surface area contributed by atoms with E-state index >= 15 is 0 Å². The highest BCUT2D eigenvalue weighted by atomic mass is 16.5. The number of benzene rings is 3. The van der Waals surface area contributed by atoms with E-state index in [1.54, 1.807) is 31.4 Å². The van der Waals surface area contributed by atoms with Gasteiger partial charge in [0.2, 0.25) is 5.91 Å². The van der Waals surface area contributed by atoms with Gasteiger partial charge >= 0.3 is 5.97 Å². The monoisotopic (exact) mass is 431 g/mol. The molecule has 0 aromatic heterocycles. The third-order valence-corrected chi connectivity index (χ3v) is 5.61. The number of hydrogen-bond acceptors (Lipinski definition) is 5. The summed E-state index contributed by atoms with van der Waals surface area (Å²) < 4.78 is 16.1. The van der Waals surface area contributed by atoms with Gasteiger partial charge < -0.3 is 14.2 Å². The zero-order chi connectivity index (χ0) is 22.5. The lowest BCUT2D eigenvalue weighted by molar-refractivity contribution is -0.152. The van der Waals surface area contributed by atoms with E-state index in [0.29, 0.717) is 24.5 Å². The summed E-state index contributed by atoms with van der Waals surface area (Å²) in [6.45, 7) is 0.461. The van der Waals surface area contributed by atoms with Gasteiger partial charge in [0.25, 0.3) is 0 Å². The van der Waals surface area contributed by atoms with Gasteiger partial charge in [0.1, 0.15) is 24.1 Å². The first-order valence-corrected chi connectivity index (χ1v) is 10.4. The van der Waals surface area contributed by atoms with Crippen LogP contribution >= 0.6 is 0 Å². The number of methoxy groups -OCH3 is 2. The van der Waals surface area contributed by atoms with Crippen molar-refractivity contribution in [1.82, 2.24) is 0 Å². The number of nitrogens with zero attached hydrogens (tertiary/aromatic N) is 1. The predicted molar refractivity (Wildman–Crippen MR) is 121 cm³/mol. The maximum absolute atomic E-state index is 13.0. The van der Waals surface area contributed by atoms with Crippen molar-refractivity contribution < 1.29 is 23.8 Å². The average Bonchev–Trinajstić information content (AvgIpc) is 2.85. The molecule has 1 heterocycles. The van der Waals surface area contributed by atoms with Gasteiger partial charge in [0.15, 0.2) is 0 Å². The standard InChI is InChI=1S/C26H25NO5/c1-30-21-13-11-20(12-14-21)27-24(26(29)31-2)23(25(27)28)16-19-9-6-10-22(15-19)32-17-18-7-4-3-5-8-18/h3-15,23-24H,16-17H2,1-2H3/t23-,24-/m0/s1. The van der Waals surface area contributed by atoms with E-state index in [1.807, 2.05) is 54.6 Å². The molecule has 0 N–H and O–H groups in total. The van der Waals surface area contributed by atoms with Crippen molar-refractivity contribution in [2.24, 2.45) is 5.92 Å². The fourth-order valence-electron chi connectivity index (χ4n) is 3.93. The second-order valence-electron chi connectivity index (χ2n) is 7.61. The Bertz CT molecular complexity index is 1080. The highest BCUT2D eigenvalue weighted by Gasteiger charge is 2.52. The molecule has 0 unspecified atom stereocenters. The number of esters is 1. The first-order chi connectivity index (χ1) is 15.6. The van der Waals surface area contributed by atoms with Crippen LogP contribution in [0, 0.1) is 5.92 Å². The maximum Gasteiger partial charge on any atom is 0.329 e. The molecule has 0 bridgehead atoms. The number of rotatable bonds is 8. The lowest BCUT2D eigenvalue weighted by Gasteiger charge is -2.45. The van der Waals surface area contributed by atoms with Crippen LogP contribution in [0.15, 0.2) is 78.9 Å². The van der Waals surface area contributed by atoms with Gasteiger partial charge in [-0.3, -0.25) is 9.69 Å². The molecule has 1 aliphatic heterocycles. The minimum Gasteiger partial charge on any atom is -0.497 e. The van der Waals surface area contributed by atoms with Crippen LogP contribution < -0.4 is 14.4 Å². The molecular weight excluding hydrogens is 406 g/mol. The Balaban J connectivity index is 1.48. The number of anilines is 1. The summed E-state index contributed by atoms with van der Waals surface area (Å²) in [5.41, 5.74) is 2.65. The molecule has 3 aromatic rings. The van der Waals surface area contributed by atoms with Crippen LogP contribution in [0.25, 0.3) is 0 Å². The molecule has 0 aliphatic carbocycles. The van der Waals surface area contributed by atoms with E-state index < -0.39 is 17.9 Å². The number of amides is 1. The van der Waals surface area contributed by atoms with E-state index in [2.05, 4.69) is 0 Å². The van der Waals surface area contributed by atoms with Gasteiger partial charge in [-0.25, -0.2) is 4.79 Å².